The number of nitrogens with one attached hydrogen (secondary N) is 1. The van der Waals surface area contributed by atoms with Gasteiger partial charge in [-0.05, 0) is 5.56 Å². The Morgan fingerprint density at radius 1 is 1.24 bits per heavy atom. The van der Waals surface area contributed by atoms with Crippen LogP contribution in [0, 0.1) is 0 Å². The zero-order chi connectivity index (χ0) is 18.3. The van der Waals surface area contributed by atoms with Crippen LogP contribution in [0.25, 0.3) is 0 Å². The zero-order valence-electron chi connectivity index (χ0n) is 13.3. The summed E-state index contributed by atoms with van der Waals surface area (Å²) in [6.45, 7) is 1.24. The van der Waals surface area contributed by atoms with Crippen molar-refractivity contribution in [3.05, 3.63) is 35.9 Å². The first-order chi connectivity index (χ1) is 11.8. The van der Waals surface area contributed by atoms with Crippen molar-refractivity contribution < 1.29 is 29.4 Å². The summed E-state index contributed by atoms with van der Waals surface area (Å²) in [5.41, 5.74) is 0.379. The van der Waals surface area contributed by atoms with E-state index in [-0.39, 0.29) is 6.54 Å². The number of aliphatic carboxylic acids is 1. The van der Waals surface area contributed by atoms with Gasteiger partial charge in [-0.1, -0.05) is 30.3 Å². The smallest absolute Gasteiger partial charge is 0.347 e. The summed E-state index contributed by atoms with van der Waals surface area (Å²) < 4.78 is 0. The van der Waals surface area contributed by atoms with Gasteiger partial charge in [0.1, 0.15) is 6.04 Å². The molecular formula is C16H17N3O6. The molecule has 2 fully saturated rings. The molecule has 3 amide bonds. The fraction of sp³-hybridized carbons (Fsp3) is 0.375. The lowest BCUT2D eigenvalue weighted by Crippen LogP contribution is -2.71. The second-order valence-electron chi connectivity index (χ2n) is 6.00. The third-order valence-corrected chi connectivity index (χ3v) is 4.49. The molecule has 2 saturated heterocycles. The molecule has 1 aromatic rings. The van der Waals surface area contributed by atoms with E-state index in [2.05, 4.69) is 5.32 Å². The number of fused-ring (bicyclic) bond motifs is 1. The number of amides is 3. The number of carboxylic acids is 1. The molecule has 3 rings (SSSR count). The number of carbonyl (C=O) groups is 4. The molecule has 1 aromatic carbocycles. The van der Waals surface area contributed by atoms with E-state index in [0.717, 1.165) is 9.80 Å². The molecule has 4 atom stereocenters. The molecule has 25 heavy (non-hydrogen) atoms. The Hall–Kier alpha value is -2.94. The largest absolute Gasteiger partial charge is 0.478 e. The molecule has 0 aromatic heterocycles. The van der Waals surface area contributed by atoms with Crippen LogP contribution in [0.3, 0.4) is 0 Å². The van der Waals surface area contributed by atoms with E-state index < -0.39 is 48.0 Å². The second kappa shape index (κ2) is 6.17. The van der Waals surface area contributed by atoms with Gasteiger partial charge in [0.2, 0.25) is 18.0 Å². The Morgan fingerprint density at radius 2 is 1.88 bits per heavy atom. The van der Waals surface area contributed by atoms with Crippen LogP contribution in [0.2, 0.25) is 0 Å². The maximum absolute atomic E-state index is 12.2. The number of nitrogens with zero attached hydrogens (tertiary/aromatic N) is 2. The van der Waals surface area contributed by atoms with Crippen molar-refractivity contribution in [2.45, 2.75) is 31.3 Å². The lowest BCUT2D eigenvalue weighted by atomic mass is 9.96. The normalized spacial score (nSPS) is 25.8. The summed E-state index contributed by atoms with van der Waals surface area (Å²) in [6.07, 6.45) is -2.80. The number of benzene rings is 1. The Balaban J connectivity index is 1.72. The number of β-lactam (4-membered cyclic amide) rings is 1. The predicted octanol–water partition coefficient (Wildman–Crippen LogP) is -1.31. The molecule has 3 unspecified atom stereocenters. The van der Waals surface area contributed by atoms with Crippen molar-refractivity contribution in [2.24, 2.45) is 0 Å². The minimum absolute atomic E-state index is 0.0183. The Morgan fingerprint density at radius 3 is 2.44 bits per heavy atom. The second-order valence-corrected chi connectivity index (χ2v) is 6.00. The maximum Gasteiger partial charge on any atom is 0.347 e. The van der Waals surface area contributed by atoms with Gasteiger partial charge in [0.05, 0.1) is 6.04 Å². The van der Waals surface area contributed by atoms with Gasteiger partial charge < -0.3 is 25.3 Å². The molecule has 132 valence electrons. The highest BCUT2D eigenvalue weighted by Crippen LogP contribution is 2.33. The number of aliphatic hydroxyl groups excluding tert-OH is 1. The average Bonchev–Trinajstić information content (AvgIpc) is 2.96. The molecule has 2 heterocycles. The van der Waals surface area contributed by atoms with Crippen LogP contribution in [0.1, 0.15) is 18.6 Å². The molecule has 3 N–H and O–H groups in total. The van der Waals surface area contributed by atoms with Gasteiger partial charge in [-0.15, -0.1) is 0 Å². The lowest BCUT2D eigenvalue weighted by Gasteiger charge is -2.43. The van der Waals surface area contributed by atoms with Crippen molar-refractivity contribution in [1.29, 1.82) is 0 Å². The number of carbonyl (C=O) groups excluding carboxylic acids is 3. The topological polar surface area (TPSA) is 127 Å². The van der Waals surface area contributed by atoms with Gasteiger partial charge in [0, 0.05) is 13.5 Å². The Labute approximate surface area is 142 Å². The summed E-state index contributed by atoms with van der Waals surface area (Å²) in [4.78, 5) is 49.5. The first-order valence-electron chi connectivity index (χ1n) is 7.68. The lowest BCUT2D eigenvalue weighted by molar-refractivity contribution is -0.166. The van der Waals surface area contributed by atoms with E-state index in [1.807, 2.05) is 0 Å². The van der Waals surface area contributed by atoms with E-state index in [1.165, 1.54) is 6.92 Å². The highest BCUT2D eigenvalue weighted by molar-refractivity contribution is 5.99. The standard InChI is InChI=1S/C16H17N3O6/c1-8(20)18-7-10-11(15(23)19(10)14(18)16(24)25)17-13(22)12(21)9-5-3-2-4-6-9/h2-6,10-12,14,21H,7H2,1H3,(H,17,22)(H,24,25)/t10?,11-,12?,14?/m1/s1. The van der Waals surface area contributed by atoms with E-state index in [0.29, 0.717) is 5.56 Å². The summed E-state index contributed by atoms with van der Waals surface area (Å²) in [7, 11) is 0. The summed E-state index contributed by atoms with van der Waals surface area (Å²) in [5, 5.41) is 21.8. The molecule has 2 aliphatic heterocycles. The molecule has 0 bridgehead atoms. The van der Waals surface area contributed by atoms with Gasteiger partial charge in [-0.25, -0.2) is 4.79 Å². The molecule has 9 heteroatoms. The van der Waals surface area contributed by atoms with E-state index >= 15 is 0 Å². The molecule has 0 aliphatic carbocycles. The van der Waals surface area contributed by atoms with Crippen molar-refractivity contribution in [1.82, 2.24) is 15.1 Å². The highest BCUT2D eigenvalue weighted by Gasteiger charge is 2.60. The van der Waals surface area contributed by atoms with E-state index in [4.69, 9.17) is 0 Å². The fourth-order valence-electron chi connectivity index (χ4n) is 3.24. The number of hydrogen-bond acceptors (Lipinski definition) is 5. The molecule has 2 aliphatic rings. The minimum atomic E-state index is -1.44. The Bertz CT molecular complexity index is 737. The molecular weight excluding hydrogens is 330 g/mol. The Kier molecular flexibility index (Phi) is 4.17. The van der Waals surface area contributed by atoms with Gasteiger partial charge in [0.15, 0.2) is 6.10 Å². The van der Waals surface area contributed by atoms with Crippen LogP contribution in [0.15, 0.2) is 30.3 Å². The van der Waals surface area contributed by atoms with Crippen LogP contribution in [-0.2, 0) is 19.2 Å². The highest BCUT2D eigenvalue weighted by atomic mass is 16.4. The molecule has 0 radical (unpaired) electrons. The van der Waals surface area contributed by atoms with Crippen LogP contribution >= 0.6 is 0 Å². The third kappa shape index (κ3) is 2.72. The van der Waals surface area contributed by atoms with Crippen molar-refractivity contribution >= 4 is 23.7 Å². The number of aliphatic hydroxyl groups is 1. The van der Waals surface area contributed by atoms with E-state index in [1.54, 1.807) is 30.3 Å². The zero-order valence-corrected chi connectivity index (χ0v) is 13.3. The van der Waals surface area contributed by atoms with E-state index in [9.17, 15) is 29.4 Å². The summed E-state index contributed by atoms with van der Waals surface area (Å²) >= 11 is 0. The third-order valence-electron chi connectivity index (χ3n) is 4.49. The van der Waals surface area contributed by atoms with Crippen molar-refractivity contribution in [3.8, 4) is 0 Å². The van der Waals surface area contributed by atoms with Crippen LogP contribution in [-0.4, -0.2) is 68.5 Å². The van der Waals surface area contributed by atoms with Gasteiger partial charge in [0.25, 0.3) is 5.91 Å². The first kappa shape index (κ1) is 16.9. The SMILES string of the molecule is CC(=O)N1CC2[C@@H](NC(=O)C(O)c3ccccc3)C(=O)N2C1C(=O)O. The predicted molar refractivity (Wildman–Crippen MR) is 82.8 cm³/mol. The van der Waals surface area contributed by atoms with Crippen LogP contribution in [0.5, 0.6) is 0 Å². The molecule has 0 saturated carbocycles. The number of rotatable bonds is 4. The summed E-state index contributed by atoms with van der Waals surface area (Å²) in [5.74, 6) is -3.11. The summed E-state index contributed by atoms with van der Waals surface area (Å²) in [6, 6.07) is 6.64. The fourth-order valence-corrected chi connectivity index (χ4v) is 3.24. The quantitative estimate of drug-likeness (QED) is 0.580. The number of carboxylic acid groups (broad SMARTS) is 1. The average molecular weight is 347 g/mol. The minimum Gasteiger partial charge on any atom is -0.478 e. The van der Waals surface area contributed by atoms with Gasteiger partial charge >= 0.3 is 5.97 Å². The monoisotopic (exact) mass is 347 g/mol. The maximum atomic E-state index is 12.2. The number of hydrogen-bond donors (Lipinski definition) is 3. The van der Waals surface area contributed by atoms with Gasteiger partial charge in [-0.2, -0.15) is 0 Å². The van der Waals surface area contributed by atoms with Gasteiger partial charge in [-0.3, -0.25) is 14.4 Å². The molecule has 0 spiro atoms. The van der Waals surface area contributed by atoms with Crippen LogP contribution < -0.4 is 5.32 Å². The first-order valence-corrected chi connectivity index (χ1v) is 7.68. The van der Waals surface area contributed by atoms with Crippen molar-refractivity contribution in [3.63, 3.8) is 0 Å². The van der Waals surface area contributed by atoms with Crippen LogP contribution in [0.4, 0.5) is 0 Å². The molecule has 9 nitrogen and oxygen atoms in total. The van der Waals surface area contributed by atoms with Crippen molar-refractivity contribution in [2.75, 3.05) is 6.54 Å².